The van der Waals surface area contributed by atoms with Crippen molar-refractivity contribution in [2.75, 3.05) is 25.0 Å². The Morgan fingerprint density at radius 1 is 1.00 bits per heavy atom. The number of sulfonamides is 1. The van der Waals surface area contributed by atoms with Crippen molar-refractivity contribution in [1.29, 1.82) is 0 Å². The number of benzene rings is 3. The molecule has 0 aliphatic heterocycles. The molecule has 0 saturated carbocycles. The fourth-order valence-electron chi connectivity index (χ4n) is 3.22. The first-order valence-corrected chi connectivity index (χ1v) is 11.3. The summed E-state index contributed by atoms with van der Waals surface area (Å²) in [6.07, 6.45) is 0.656. The van der Waals surface area contributed by atoms with Gasteiger partial charge in [0.2, 0.25) is 0 Å². The third kappa shape index (κ3) is 5.24. The summed E-state index contributed by atoms with van der Waals surface area (Å²) in [5, 5.41) is 2.85. The number of anilines is 1. The number of carbonyl (C=O) groups is 1. The molecule has 0 fully saturated rings. The summed E-state index contributed by atoms with van der Waals surface area (Å²) in [4.78, 5) is 12.6. The molecule has 0 bridgehead atoms. The molecule has 0 radical (unpaired) electrons. The van der Waals surface area contributed by atoms with Crippen molar-refractivity contribution in [2.45, 2.75) is 18.2 Å². The second-order valence-corrected chi connectivity index (χ2v) is 9.11. The van der Waals surface area contributed by atoms with Gasteiger partial charge in [0.1, 0.15) is 5.75 Å². The molecule has 0 aliphatic carbocycles. The Bertz CT molecular complexity index is 1160. The van der Waals surface area contributed by atoms with Crippen LogP contribution >= 0.6 is 0 Å². The number of hydrogen-bond donors (Lipinski definition) is 1. The zero-order valence-electron chi connectivity index (χ0n) is 17.8. The van der Waals surface area contributed by atoms with Gasteiger partial charge in [-0.05, 0) is 60.9 Å². The first-order valence-electron chi connectivity index (χ1n) is 9.88. The number of nitrogens with one attached hydrogen (secondary N) is 1. The van der Waals surface area contributed by atoms with Gasteiger partial charge in [-0.25, -0.2) is 8.42 Å². The van der Waals surface area contributed by atoms with E-state index in [1.165, 1.54) is 23.5 Å². The largest absolute Gasteiger partial charge is 0.497 e. The second-order valence-electron chi connectivity index (χ2n) is 7.14. The van der Waals surface area contributed by atoms with Crippen LogP contribution in [0, 0.1) is 6.92 Å². The van der Waals surface area contributed by atoms with Gasteiger partial charge in [0.15, 0.2) is 0 Å². The molecule has 3 aromatic rings. The third-order valence-corrected chi connectivity index (χ3v) is 6.84. The van der Waals surface area contributed by atoms with Crippen LogP contribution in [0.5, 0.6) is 5.75 Å². The maximum absolute atomic E-state index is 13.1. The van der Waals surface area contributed by atoms with Gasteiger partial charge in [0.05, 0.1) is 17.7 Å². The van der Waals surface area contributed by atoms with Gasteiger partial charge in [-0.15, -0.1) is 0 Å². The van der Waals surface area contributed by atoms with E-state index < -0.39 is 10.0 Å². The number of hydrogen-bond acceptors (Lipinski definition) is 4. The molecule has 1 amide bonds. The number of aryl methyl sites for hydroxylation is 1. The van der Waals surface area contributed by atoms with E-state index in [1.807, 2.05) is 43.3 Å². The average molecular weight is 439 g/mol. The number of rotatable bonds is 8. The molecule has 3 aromatic carbocycles. The summed E-state index contributed by atoms with van der Waals surface area (Å²) >= 11 is 0. The Balaban J connectivity index is 1.69. The van der Waals surface area contributed by atoms with Gasteiger partial charge in [-0.3, -0.25) is 9.10 Å². The molecule has 0 aromatic heterocycles. The molecule has 7 heteroatoms. The minimum absolute atomic E-state index is 0.0704. The van der Waals surface area contributed by atoms with Crippen molar-refractivity contribution in [1.82, 2.24) is 5.32 Å². The molecule has 0 heterocycles. The summed E-state index contributed by atoms with van der Waals surface area (Å²) < 4.78 is 32.6. The average Bonchev–Trinajstić information content (AvgIpc) is 2.79. The molecule has 0 atom stereocenters. The summed E-state index contributed by atoms with van der Waals surface area (Å²) in [5.41, 5.74) is 2.81. The van der Waals surface area contributed by atoms with E-state index in [9.17, 15) is 13.2 Å². The van der Waals surface area contributed by atoms with Crippen LogP contribution in [0.15, 0.2) is 77.7 Å². The smallest absolute Gasteiger partial charge is 0.264 e. The van der Waals surface area contributed by atoms with E-state index >= 15 is 0 Å². The molecule has 162 valence electrons. The van der Waals surface area contributed by atoms with E-state index in [1.54, 1.807) is 31.4 Å². The lowest BCUT2D eigenvalue weighted by Crippen LogP contribution is -2.28. The molecule has 31 heavy (non-hydrogen) atoms. The standard InChI is InChI=1S/C24H26N2O4S/c1-18-7-4-5-10-23(18)26(2)31(28,29)22-9-6-8-20(17-22)24(27)25-16-15-19-11-13-21(30-3)14-12-19/h4-14,17H,15-16H2,1-3H3,(H,25,27). The molecular weight excluding hydrogens is 412 g/mol. The van der Waals surface area contributed by atoms with Crippen molar-refractivity contribution in [2.24, 2.45) is 0 Å². The van der Waals surface area contributed by atoms with Gasteiger partial charge in [0, 0.05) is 19.2 Å². The number of methoxy groups -OCH3 is 1. The summed E-state index contributed by atoms with van der Waals surface area (Å²) in [6.45, 7) is 2.29. The lowest BCUT2D eigenvalue weighted by atomic mass is 10.1. The van der Waals surface area contributed by atoms with Crippen molar-refractivity contribution in [3.8, 4) is 5.75 Å². The Labute approximate surface area is 183 Å². The minimum atomic E-state index is -3.80. The first-order chi connectivity index (χ1) is 14.8. The zero-order valence-corrected chi connectivity index (χ0v) is 18.6. The minimum Gasteiger partial charge on any atom is -0.497 e. The predicted molar refractivity (Wildman–Crippen MR) is 122 cm³/mol. The zero-order chi connectivity index (χ0) is 22.4. The van der Waals surface area contributed by atoms with Crippen LogP contribution in [-0.2, 0) is 16.4 Å². The summed E-state index contributed by atoms with van der Waals surface area (Å²) in [5.74, 6) is 0.464. The van der Waals surface area contributed by atoms with Crippen molar-refractivity contribution >= 4 is 21.6 Å². The number of amides is 1. The van der Waals surface area contributed by atoms with E-state index in [-0.39, 0.29) is 10.8 Å². The van der Waals surface area contributed by atoms with Gasteiger partial charge >= 0.3 is 0 Å². The fourth-order valence-corrected chi connectivity index (χ4v) is 4.52. The highest BCUT2D eigenvalue weighted by Gasteiger charge is 2.23. The summed E-state index contributed by atoms with van der Waals surface area (Å²) in [6, 6.07) is 21.0. The Kier molecular flexibility index (Phi) is 6.97. The fraction of sp³-hybridized carbons (Fsp3) is 0.208. The van der Waals surface area contributed by atoms with Gasteiger partial charge in [-0.2, -0.15) is 0 Å². The van der Waals surface area contributed by atoms with E-state index in [4.69, 9.17) is 4.74 Å². The highest BCUT2D eigenvalue weighted by molar-refractivity contribution is 7.92. The highest BCUT2D eigenvalue weighted by atomic mass is 32.2. The van der Waals surface area contributed by atoms with Crippen LogP contribution in [-0.4, -0.2) is 35.0 Å². The van der Waals surface area contributed by atoms with Crippen LogP contribution in [0.25, 0.3) is 0 Å². The Hall–Kier alpha value is -3.32. The van der Waals surface area contributed by atoms with Gasteiger partial charge in [0.25, 0.3) is 15.9 Å². The lowest BCUT2D eigenvalue weighted by Gasteiger charge is -2.21. The normalized spacial score (nSPS) is 11.1. The van der Waals surface area contributed by atoms with Crippen molar-refractivity contribution in [3.05, 3.63) is 89.5 Å². The van der Waals surface area contributed by atoms with Crippen molar-refractivity contribution < 1.29 is 17.9 Å². The first kappa shape index (κ1) is 22.4. The van der Waals surface area contributed by atoms with Gasteiger partial charge in [-0.1, -0.05) is 36.4 Å². The van der Waals surface area contributed by atoms with Crippen LogP contribution in [0.2, 0.25) is 0 Å². The predicted octanol–water partition coefficient (Wildman–Crippen LogP) is 3.80. The monoisotopic (exact) mass is 438 g/mol. The van der Waals surface area contributed by atoms with E-state index in [0.29, 0.717) is 24.2 Å². The number of ether oxygens (including phenoxy) is 1. The number of carbonyl (C=O) groups excluding carboxylic acids is 1. The SMILES string of the molecule is COc1ccc(CCNC(=O)c2cccc(S(=O)(=O)N(C)c3ccccc3C)c2)cc1. The molecule has 6 nitrogen and oxygen atoms in total. The van der Waals surface area contributed by atoms with E-state index in [2.05, 4.69) is 5.32 Å². The number of para-hydroxylation sites is 1. The highest BCUT2D eigenvalue weighted by Crippen LogP contribution is 2.25. The molecule has 0 aliphatic rings. The topological polar surface area (TPSA) is 75.7 Å². The lowest BCUT2D eigenvalue weighted by molar-refractivity contribution is 0.0954. The second kappa shape index (κ2) is 9.66. The van der Waals surface area contributed by atoms with Gasteiger partial charge < -0.3 is 10.1 Å². The maximum Gasteiger partial charge on any atom is 0.264 e. The van der Waals surface area contributed by atoms with Crippen LogP contribution in [0.4, 0.5) is 5.69 Å². The molecule has 0 spiro atoms. The third-order valence-electron chi connectivity index (χ3n) is 5.07. The van der Waals surface area contributed by atoms with Crippen LogP contribution < -0.4 is 14.4 Å². The summed E-state index contributed by atoms with van der Waals surface area (Å²) in [7, 11) is -0.673. The molecular formula is C24H26N2O4S. The molecule has 1 N–H and O–H groups in total. The van der Waals surface area contributed by atoms with Crippen molar-refractivity contribution in [3.63, 3.8) is 0 Å². The van der Waals surface area contributed by atoms with E-state index in [0.717, 1.165) is 16.9 Å². The Morgan fingerprint density at radius 2 is 1.71 bits per heavy atom. The van der Waals surface area contributed by atoms with Crippen LogP contribution in [0.1, 0.15) is 21.5 Å². The molecule has 0 saturated heterocycles. The maximum atomic E-state index is 13.1. The number of nitrogens with zero attached hydrogens (tertiary/aromatic N) is 1. The molecule has 3 rings (SSSR count). The molecule has 0 unspecified atom stereocenters. The quantitative estimate of drug-likeness (QED) is 0.580. The van der Waals surface area contributed by atoms with Crippen LogP contribution in [0.3, 0.4) is 0 Å². The Morgan fingerprint density at radius 3 is 2.39 bits per heavy atom.